The minimum Gasteiger partial charge on any atom is -0.486 e. The van der Waals surface area contributed by atoms with Crippen LogP contribution in [0.25, 0.3) is 17.0 Å². The van der Waals surface area contributed by atoms with Crippen molar-refractivity contribution in [2.45, 2.75) is 25.3 Å². The van der Waals surface area contributed by atoms with E-state index in [4.69, 9.17) is 4.74 Å². The largest absolute Gasteiger partial charge is 0.486 e. The van der Waals surface area contributed by atoms with Crippen LogP contribution in [-0.4, -0.2) is 51.7 Å². The zero-order chi connectivity index (χ0) is 20.4. The van der Waals surface area contributed by atoms with Crippen molar-refractivity contribution in [1.82, 2.24) is 24.9 Å². The van der Waals surface area contributed by atoms with Crippen molar-refractivity contribution in [3.05, 3.63) is 36.2 Å². The molecular weight excluding hydrogens is 392 g/mol. The SMILES string of the molecule is Fc1cc(F)c(-c2cnc3cc(OCC(F)F)cnn23)nc1N[C@H]1CCCNC1. The molecule has 0 aliphatic carbocycles. The summed E-state index contributed by atoms with van der Waals surface area (Å²) < 4.78 is 59.5. The number of hydrogen-bond acceptors (Lipinski definition) is 6. The minimum atomic E-state index is -2.62. The van der Waals surface area contributed by atoms with Gasteiger partial charge < -0.3 is 15.4 Å². The Bertz CT molecular complexity index is 1010. The van der Waals surface area contributed by atoms with Crippen LogP contribution in [0.15, 0.2) is 24.5 Å². The molecule has 11 heteroatoms. The summed E-state index contributed by atoms with van der Waals surface area (Å²) in [4.78, 5) is 8.21. The third-order valence-corrected chi connectivity index (χ3v) is 4.52. The first kappa shape index (κ1) is 19.4. The van der Waals surface area contributed by atoms with E-state index in [1.54, 1.807) is 0 Å². The minimum absolute atomic E-state index is 0.0149. The summed E-state index contributed by atoms with van der Waals surface area (Å²) in [5, 5.41) is 10.3. The molecule has 1 fully saturated rings. The Morgan fingerprint density at radius 1 is 1.24 bits per heavy atom. The smallest absolute Gasteiger partial charge is 0.272 e. The maximum absolute atomic E-state index is 14.5. The second-order valence-corrected chi connectivity index (χ2v) is 6.64. The van der Waals surface area contributed by atoms with Crippen LogP contribution in [0.5, 0.6) is 5.75 Å². The number of piperidine rings is 1. The second kappa shape index (κ2) is 8.19. The van der Waals surface area contributed by atoms with Crippen LogP contribution in [-0.2, 0) is 0 Å². The number of pyridine rings is 1. The fourth-order valence-corrected chi connectivity index (χ4v) is 3.17. The molecular formula is C18H18F4N6O. The molecule has 3 aromatic rings. The van der Waals surface area contributed by atoms with Crippen molar-refractivity contribution in [2.75, 3.05) is 25.0 Å². The Balaban J connectivity index is 1.64. The Labute approximate surface area is 163 Å². The lowest BCUT2D eigenvalue weighted by Crippen LogP contribution is -2.38. The third-order valence-electron chi connectivity index (χ3n) is 4.52. The Morgan fingerprint density at radius 3 is 2.86 bits per heavy atom. The number of fused-ring (bicyclic) bond motifs is 1. The molecule has 4 heterocycles. The van der Waals surface area contributed by atoms with Crippen LogP contribution >= 0.6 is 0 Å². The quantitative estimate of drug-likeness (QED) is 0.609. The van der Waals surface area contributed by atoms with E-state index in [1.807, 2.05) is 0 Å². The number of hydrogen-bond donors (Lipinski definition) is 2. The van der Waals surface area contributed by atoms with E-state index in [9.17, 15) is 17.6 Å². The van der Waals surface area contributed by atoms with Crippen molar-refractivity contribution in [3.63, 3.8) is 0 Å². The third kappa shape index (κ3) is 4.24. The zero-order valence-electron chi connectivity index (χ0n) is 15.2. The fourth-order valence-electron chi connectivity index (χ4n) is 3.17. The lowest BCUT2D eigenvalue weighted by Gasteiger charge is -2.24. The van der Waals surface area contributed by atoms with Crippen molar-refractivity contribution in [1.29, 1.82) is 0 Å². The van der Waals surface area contributed by atoms with Crippen LogP contribution in [0.4, 0.5) is 23.4 Å². The molecule has 1 aliphatic heterocycles. The summed E-state index contributed by atoms with van der Waals surface area (Å²) in [6, 6.07) is 2.15. The van der Waals surface area contributed by atoms with Crippen LogP contribution in [0.2, 0.25) is 0 Å². The normalized spacial score (nSPS) is 17.1. The van der Waals surface area contributed by atoms with Gasteiger partial charge in [0.15, 0.2) is 23.1 Å². The molecule has 0 radical (unpaired) electrons. The fraction of sp³-hybridized carbons (Fsp3) is 0.389. The van der Waals surface area contributed by atoms with Crippen LogP contribution < -0.4 is 15.4 Å². The van der Waals surface area contributed by atoms with Gasteiger partial charge in [-0.3, -0.25) is 0 Å². The number of nitrogens with one attached hydrogen (secondary N) is 2. The number of rotatable bonds is 6. The molecule has 1 aliphatic rings. The zero-order valence-corrected chi connectivity index (χ0v) is 15.2. The van der Waals surface area contributed by atoms with Gasteiger partial charge in [-0.25, -0.2) is 32.0 Å². The molecule has 0 spiro atoms. The number of anilines is 1. The van der Waals surface area contributed by atoms with Gasteiger partial charge in [0.25, 0.3) is 6.43 Å². The molecule has 0 bridgehead atoms. The number of ether oxygens (including phenoxy) is 1. The number of halogens is 4. The van der Waals surface area contributed by atoms with Gasteiger partial charge in [0, 0.05) is 24.7 Å². The van der Waals surface area contributed by atoms with E-state index in [0.717, 1.165) is 25.5 Å². The molecule has 29 heavy (non-hydrogen) atoms. The lowest BCUT2D eigenvalue weighted by atomic mass is 10.1. The Hall–Kier alpha value is -2.95. The highest BCUT2D eigenvalue weighted by Gasteiger charge is 2.20. The first-order valence-corrected chi connectivity index (χ1v) is 9.09. The molecule has 3 aromatic heterocycles. The second-order valence-electron chi connectivity index (χ2n) is 6.64. The standard InChI is InChI=1S/C18H18F4N6O/c19-12-5-13(20)18(26-10-2-1-3-23-6-10)27-17(12)14-8-24-16-4-11(7-25-28(14)16)29-9-15(21)22/h4-5,7-8,10,15,23H,1-3,6,9H2,(H,26,27)/t10-/m0/s1. The number of alkyl halides is 2. The summed E-state index contributed by atoms with van der Waals surface area (Å²) in [5.74, 6) is -1.60. The summed E-state index contributed by atoms with van der Waals surface area (Å²) >= 11 is 0. The van der Waals surface area contributed by atoms with E-state index in [0.29, 0.717) is 6.54 Å². The molecule has 7 nitrogen and oxygen atoms in total. The topological polar surface area (TPSA) is 76.4 Å². The van der Waals surface area contributed by atoms with Gasteiger partial charge in [0.05, 0.1) is 12.4 Å². The van der Waals surface area contributed by atoms with Crippen molar-refractivity contribution < 1.29 is 22.3 Å². The first-order chi connectivity index (χ1) is 14.0. The van der Waals surface area contributed by atoms with Crippen molar-refractivity contribution in [2.24, 2.45) is 0 Å². The van der Waals surface area contributed by atoms with Crippen LogP contribution in [0.1, 0.15) is 12.8 Å². The van der Waals surface area contributed by atoms with E-state index in [1.165, 1.54) is 23.0 Å². The highest BCUT2D eigenvalue weighted by molar-refractivity contribution is 5.62. The monoisotopic (exact) mass is 410 g/mol. The van der Waals surface area contributed by atoms with Crippen molar-refractivity contribution >= 4 is 11.5 Å². The molecule has 0 amide bonds. The van der Waals surface area contributed by atoms with Gasteiger partial charge in [0.1, 0.15) is 23.7 Å². The molecule has 2 N–H and O–H groups in total. The van der Waals surface area contributed by atoms with E-state index in [2.05, 4.69) is 25.7 Å². The molecule has 1 saturated heterocycles. The molecule has 1 atom stereocenters. The molecule has 4 rings (SSSR count). The summed E-state index contributed by atoms with van der Waals surface area (Å²) in [5.41, 5.74) is 0.324. The molecule has 0 saturated carbocycles. The van der Waals surface area contributed by atoms with Crippen LogP contribution in [0.3, 0.4) is 0 Å². The van der Waals surface area contributed by atoms with Gasteiger partial charge in [-0.15, -0.1) is 0 Å². The number of imidazole rings is 1. The van der Waals surface area contributed by atoms with Gasteiger partial charge in [-0.2, -0.15) is 5.10 Å². The Kier molecular flexibility index (Phi) is 5.47. The van der Waals surface area contributed by atoms with Gasteiger partial charge in [0.2, 0.25) is 0 Å². The van der Waals surface area contributed by atoms with Crippen molar-refractivity contribution in [3.8, 4) is 17.1 Å². The molecule has 154 valence electrons. The van der Waals surface area contributed by atoms with Gasteiger partial charge in [-0.05, 0) is 19.4 Å². The maximum atomic E-state index is 14.5. The van der Waals surface area contributed by atoms with Crippen LogP contribution in [0, 0.1) is 11.6 Å². The molecule has 0 unspecified atom stereocenters. The average molecular weight is 410 g/mol. The number of aromatic nitrogens is 4. The maximum Gasteiger partial charge on any atom is 0.272 e. The Morgan fingerprint density at radius 2 is 2.10 bits per heavy atom. The average Bonchev–Trinajstić information content (AvgIpc) is 3.12. The lowest BCUT2D eigenvalue weighted by molar-refractivity contribution is 0.0817. The first-order valence-electron chi connectivity index (χ1n) is 9.09. The van der Waals surface area contributed by atoms with E-state index < -0.39 is 24.7 Å². The van der Waals surface area contributed by atoms with E-state index >= 15 is 0 Å². The summed E-state index contributed by atoms with van der Waals surface area (Å²) in [7, 11) is 0. The van der Waals surface area contributed by atoms with E-state index in [-0.39, 0.29) is 34.6 Å². The predicted octanol–water partition coefficient (Wildman–Crippen LogP) is 2.88. The summed E-state index contributed by atoms with van der Waals surface area (Å²) in [6.45, 7) is 0.788. The predicted molar refractivity (Wildman–Crippen MR) is 97.1 cm³/mol. The highest BCUT2D eigenvalue weighted by Crippen LogP contribution is 2.27. The van der Waals surface area contributed by atoms with Gasteiger partial charge in [-0.1, -0.05) is 0 Å². The summed E-state index contributed by atoms with van der Waals surface area (Å²) in [6.07, 6.45) is 1.72. The van der Waals surface area contributed by atoms with Gasteiger partial charge >= 0.3 is 0 Å². The highest BCUT2D eigenvalue weighted by atomic mass is 19.3. The number of nitrogens with zero attached hydrogens (tertiary/aromatic N) is 4. The molecule has 0 aromatic carbocycles.